The molecular weight excluding hydrogens is 268 g/mol. The highest BCUT2D eigenvalue weighted by atomic mass is 16.5. The van der Waals surface area contributed by atoms with E-state index in [0.29, 0.717) is 13.1 Å². The highest BCUT2D eigenvalue weighted by molar-refractivity contribution is 5.97. The molecule has 0 aromatic heterocycles. The predicted molar refractivity (Wildman–Crippen MR) is 81.4 cm³/mol. The molecule has 1 aliphatic heterocycles. The number of hydrogen-bond acceptors (Lipinski definition) is 3. The molecule has 5 heteroatoms. The number of benzene rings is 1. The predicted octanol–water partition coefficient (Wildman–Crippen LogP) is 2.11. The van der Waals surface area contributed by atoms with Crippen molar-refractivity contribution in [2.45, 2.75) is 39.2 Å². The Morgan fingerprint density at radius 3 is 2.86 bits per heavy atom. The molecule has 1 aromatic rings. The first-order chi connectivity index (χ1) is 10.1. The van der Waals surface area contributed by atoms with Gasteiger partial charge in [-0.15, -0.1) is 0 Å². The Balaban J connectivity index is 1.98. The summed E-state index contributed by atoms with van der Waals surface area (Å²) in [5, 5.41) is 2.78. The molecule has 1 N–H and O–H groups in total. The van der Waals surface area contributed by atoms with Crippen LogP contribution in [0.2, 0.25) is 0 Å². The summed E-state index contributed by atoms with van der Waals surface area (Å²) in [5.74, 6) is 0.615. The van der Waals surface area contributed by atoms with E-state index in [1.165, 1.54) is 0 Å². The minimum atomic E-state index is -0.0696. The van der Waals surface area contributed by atoms with Crippen LogP contribution in [0.3, 0.4) is 0 Å². The van der Waals surface area contributed by atoms with E-state index in [2.05, 4.69) is 5.32 Å². The van der Waals surface area contributed by atoms with Crippen molar-refractivity contribution < 1.29 is 14.3 Å². The van der Waals surface area contributed by atoms with Crippen LogP contribution in [-0.4, -0.2) is 31.0 Å². The Morgan fingerprint density at radius 2 is 2.10 bits per heavy atom. The molecule has 0 spiro atoms. The maximum Gasteiger partial charge on any atom is 0.227 e. The zero-order valence-electron chi connectivity index (χ0n) is 12.6. The van der Waals surface area contributed by atoms with Crippen LogP contribution in [0, 0.1) is 0 Å². The number of ether oxygens (including phenoxy) is 1. The first-order valence-corrected chi connectivity index (χ1v) is 7.44. The second-order valence-electron chi connectivity index (χ2n) is 5.25. The van der Waals surface area contributed by atoms with Crippen LogP contribution in [0.1, 0.15) is 33.1 Å². The monoisotopic (exact) mass is 290 g/mol. The van der Waals surface area contributed by atoms with Gasteiger partial charge in [-0.1, -0.05) is 19.1 Å². The Kier molecular flexibility index (Phi) is 5.20. The Bertz CT molecular complexity index is 516. The zero-order chi connectivity index (χ0) is 15.2. The third kappa shape index (κ3) is 3.97. The van der Waals surface area contributed by atoms with Crippen LogP contribution < -0.4 is 15.0 Å². The van der Waals surface area contributed by atoms with Crippen LogP contribution in [0.15, 0.2) is 24.3 Å². The number of carbonyl (C=O) groups is 2. The van der Waals surface area contributed by atoms with Crippen LogP contribution >= 0.6 is 0 Å². The highest BCUT2D eigenvalue weighted by Crippen LogP contribution is 2.33. The minimum absolute atomic E-state index is 0.0377. The molecule has 1 aliphatic rings. The van der Waals surface area contributed by atoms with E-state index in [1.807, 2.05) is 38.1 Å². The highest BCUT2D eigenvalue weighted by Gasteiger charge is 2.27. The van der Waals surface area contributed by atoms with Crippen molar-refractivity contribution in [1.82, 2.24) is 5.32 Å². The van der Waals surface area contributed by atoms with E-state index in [9.17, 15) is 9.59 Å². The molecule has 5 nitrogen and oxygen atoms in total. The van der Waals surface area contributed by atoms with Crippen LogP contribution in [0.25, 0.3) is 0 Å². The zero-order valence-corrected chi connectivity index (χ0v) is 12.6. The Morgan fingerprint density at radius 1 is 1.33 bits per heavy atom. The van der Waals surface area contributed by atoms with Gasteiger partial charge in [-0.25, -0.2) is 0 Å². The topological polar surface area (TPSA) is 58.6 Å². The van der Waals surface area contributed by atoms with Gasteiger partial charge in [0.15, 0.2) is 0 Å². The minimum Gasteiger partial charge on any atom is -0.487 e. The summed E-state index contributed by atoms with van der Waals surface area (Å²) in [7, 11) is 0. The van der Waals surface area contributed by atoms with Crippen LogP contribution in [-0.2, 0) is 9.59 Å². The summed E-state index contributed by atoms with van der Waals surface area (Å²) in [5.41, 5.74) is 0.787. The van der Waals surface area contributed by atoms with E-state index < -0.39 is 0 Å². The summed E-state index contributed by atoms with van der Waals surface area (Å²) < 4.78 is 5.72. The number of nitrogens with one attached hydrogen (secondary N) is 1. The van der Waals surface area contributed by atoms with Crippen molar-refractivity contribution in [2.75, 3.05) is 18.0 Å². The number of rotatable bonds is 5. The molecule has 0 saturated heterocycles. The average molecular weight is 290 g/mol. The van der Waals surface area contributed by atoms with Crippen molar-refractivity contribution >= 4 is 17.5 Å². The lowest BCUT2D eigenvalue weighted by molar-refractivity contribution is -0.125. The number of hydrogen-bond donors (Lipinski definition) is 1. The number of fused-ring (bicyclic) bond motifs is 1. The van der Waals surface area contributed by atoms with Gasteiger partial charge in [-0.2, -0.15) is 0 Å². The fraction of sp³-hybridized carbons (Fsp3) is 0.500. The molecular formula is C16H22N2O3. The first kappa shape index (κ1) is 15.4. The summed E-state index contributed by atoms with van der Waals surface area (Å²) in [6, 6.07) is 7.50. The molecule has 0 saturated carbocycles. The van der Waals surface area contributed by atoms with Gasteiger partial charge in [0, 0.05) is 19.4 Å². The van der Waals surface area contributed by atoms with Crippen molar-refractivity contribution in [3.8, 4) is 5.75 Å². The van der Waals surface area contributed by atoms with Crippen molar-refractivity contribution in [2.24, 2.45) is 0 Å². The third-order valence-corrected chi connectivity index (χ3v) is 3.36. The lowest BCUT2D eigenvalue weighted by Crippen LogP contribution is -2.42. The number of anilines is 1. The summed E-state index contributed by atoms with van der Waals surface area (Å²) in [4.78, 5) is 25.7. The number of para-hydroxylation sites is 2. The standard InChI is InChI=1S/C16H22N2O3/c1-3-10-17-15(19)8-9-16(20)18-11-12(2)21-14-7-5-4-6-13(14)18/h4-7,12H,3,8-11H2,1-2H3,(H,17,19)/t12-/m0/s1. The second-order valence-corrected chi connectivity index (χ2v) is 5.25. The van der Waals surface area contributed by atoms with Crippen molar-refractivity contribution in [3.63, 3.8) is 0 Å². The van der Waals surface area contributed by atoms with E-state index in [4.69, 9.17) is 4.74 Å². The lowest BCUT2D eigenvalue weighted by Gasteiger charge is -2.33. The van der Waals surface area contributed by atoms with E-state index in [-0.39, 0.29) is 30.8 Å². The molecule has 114 valence electrons. The smallest absolute Gasteiger partial charge is 0.227 e. The molecule has 21 heavy (non-hydrogen) atoms. The Hall–Kier alpha value is -2.04. The molecule has 0 bridgehead atoms. The van der Waals surface area contributed by atoms with Crippen molar-refractivity contribution in [3.05, 3.63) is 24.3 Å². The molecule has 1 heterocycles. The van der Waals surface area contributed by atoms with Gasteiger partial charge in [-0.3, -0.25) is 9.59 Å². The van der Waals surface area contributed by atoms with Gasteiger partial charge >= 0.3 is 0 Å². The summed E-state index contributed by atoms with van der Waals surface area (Å²) in [6.07, 6.45) is 1.30. The SMILES string of the molecule is CCCNC(=O)CCC(=O)N1C[C@H](C)Oc2ccccc21. The number of carbonyl (C=O) groups excluding carboxylic acids is 2. The molecule has 0 unspecified atom stereocenters. The summed E-state index contributed by atoms with van der Waals surface area (Å²) in [6.45, 7) is 5.11. The molecule has 0 aliphatic carbocycles. The van der Waals surface area contributed by atoms with Gasteiger partial charge in [0.05, 0.1) is 12.2 Å². The Labute approximate surface area is 125 Å². The lowest BCUT2D eigenvalue weighted by atomic mass is 10.1. The van der Waals surface area contributed by atoms with E-state index in [1.54, 1.807) is 4.90 Å². The molecule has 2 rings (SSSR count). The van der Waals surface area contributed by atoms with Crippen LogP contribution in [0.5, 0.6) is 5.75 Å². The van der Waals surface area contributed by atoms with E-state index >= 15 is 0 Å². The van der Waals surface area contributed by atoms with Gasteiger partial charge in [-0.05, 0) is 25.5 Å². The van der Waals surface area contributed by atoms with E-state index in [0.717, 1.165) is 17.9 Å². The third-order valence-electron chi connectivity index (χ3n) is 3.36. The average Bonchev–Trinajstić information content (AvgIpc) is 2.49. The van der Waals surface area contributed by atoms with Gasteiger partial charge < -0.3 is 15.0 Å². The number of nitrogens with zero attached hydrogens (tertiary/aromatic N) is 1. The molecule has 1 aromatic carbocycles. The molecule has 2 amide bonds. The van der Waals surface area contributed by atoms with Gasteiger partial charge in [0.25, 0.3) is 0 Å². The summed E-state index contributed by atoms with van der Waals surface area (Å²) >= 11 is 0. The largest absolute Gasteiger partial charge is 0.487 e. The normalized spacial score (nSPS) is 16.9. The van der Waals surface area contributed by atoms with Crippen molar-refractivity contribution in [1.29, 1.82) is 0 Å². The fourth-order valence-electron chi connectivity index (χ4n) is 2.33. The maximum atomic E-state index is 12.4. The number of amides is 2. The molecule has 0 radical (unpaired) electrons. The van der Waals surface area contributed by atoms with Gasteiger partial charge in [0.1, 0.15) is 11.9 Å². The molecule has 1 atom stereocenters. The maximum absolute atomic E-state index is 12.4. The quantitative estimate of drug-likeness (QED) is 0.903. The fourth-order valence-corrected chi connectivity index (χ4v) is 2.33. The molecule has 0 fully saturated rings. The van der Waals surface area contributed by atoms with Gasteiger partial charge in [0.2, 0.25) is 11.8 Å². The first-order valence-electron chi connectivity index (χ1n) is 7.44. The second kappa shape index (κ2) is 7.11. The van der Waals surface area contributed by atoms with Crippen LogP contribution in [0.4, 0.5) is 5.69 Å².